The quantitative estimate of drug-likeness (QED) is 0.547. The third-order valence-electron chi connectivity index (χ3n) is 2.00. The van der Waals surface area contributed by atoms with Gasteiger partial charge in [-0.15, -0.1) is 10.6 Å². The van der Waals surface area contributed by atoms with Crippen LogP contribution in [0, 0.1) is 0 Å². The molecule has 0 saturated carbocycles. The molecule has 1 nitrogen and oxygen atoms in total. The number of hydrogen-bond donors (Lipinski definition) is 0. The van der Waals surface area contributed by atoms with Crippen LogP contribution in [0.25, 0.3) is 10.9 Å². The Balaban J connectivity index is 2.48. The Kier molecular flexibility index (Phi) is 2.84. The number of nitrogens with zero attached hydrogens (tertiary/aromatic N) is 1. The Morgan fingerprint density at radius 1 is 1.21 bits per heavy atom. The highest BCUT2D eigenvalue weighted by Crippen LogP contribution is 2.10. The van der Waals surface area contributed by atoms with Crippen LogP contribution in [0.5, 0.6) is 0 Å². The van der Waals surface area contributed by atoms with E-state index in [1.807, 2.05) is 6.08 Å². The van der Waals surface area contributed by atoms with Gasteiger partial charge in [0, 0.05) is 17.5 Å². The van der Waals surface area contributed by atoms with Crippen molar-refractivity contribution < 1.29 is 3.97 Å². The van der Waals surface area contributed by atoms with Crippen LogP contribution in [-0.2, 0) is 0 Å². The van der Waals surface area contributed by atoms with Crippen LogP contribution in [0.15, 0.2) is 55.3 Å². The molecule has 0 aliphatic rings. The molecule has 2 aromatic rings. The lowest BCUT2D eigenvalue weighted by molar-refractivity contribution is -0.463. The molecule has 0 spiro atoms. The van der Waals surface area contributed by atoms with E-state index in [4.69, 9.17) is 0 Å². The fourth-order valence-electron chi connectivity index (χ4n) is 1.38. The third kappa shape index (κ3) is 1.80. The van der Waals surface area contributed by atoms with Gasteiger partial charge in [-0.1, -0.05) is 18.2 Å². The van der Waals surface area contributed by atoms with Crippen molar-refractivity contribution in [1.82, 2.24) is 0 Å². The number of fused-ring (bicyclic) bond motifs is 1. The molecule has 0 fully saturated rings. The van der Waals surface area contributed by atoms with E-state index in [9.17, 15) is 0 Å². The van der Waals surface area contributed by atoms with Gasteiger partial charge in [-0.2, -0.15) is 0 Å². The molecule has 0 bridgehead atoms. The molecule has 1 aromatic heterocycles. The maximum Gasteiger partial charge on any atom is 0.226 e. The molecule has 0 unspecified atom stereocenters. The second kappa shape index (κ2) is 4.29. The number of hydrogen-bond acceptors (Lipinski definition) is 1. The Morgan fingerprint density at radius 3 is 2.86 bits per heavy atom. The Bertz CT molecular complexity index is 446. The van der Waals surface area contributed by atoms with E-state index in [1.54, 1.807) is 11.9 Å². The number of para-hydroxylation sites is 1. The number of aromatic nitrogens is 1. The van der Waals surface area contributed by atoms with Gasteiger partial charge in [0.1, 0.15) is 0 Å². The minimum Gasteiger partial charge on any atom is -0.126 e. The summed E-state index contributed by atoms with van der Waals surface area (Å²) in [5.41, 5.74) is 1.25. The Morgan fingerprint density at radius 2 is 2.00 bits per heavy atom. The molecule has 0 amide bonds. The van der Waals surface area contributed by atoms with Gasteiger partial charge in [-0.05, 0) is 12.1 Å². The molecular formula is C12H12NS+. The van der Waals surface area contributed by atoms with E-state index in [1.165, 1.54) is 10.9 Å². The predicted molar refractivity (Wildman–Crippen MR) is 62.2 cm³/mol. The second-order valence-electron chi connectivity index (χ2n) is 2.98. The first-order valence-electron chi connectivity index (χ1n) is 4.55. The predicted octanol–water partition coefficient (Wildman–Crippen LogP) is 2.81. The topological polar surface area (TPSA) is 3.88 Å². The second-order valence-corrected chi connectivity index (χ2v) is 3.96. The van der Waals surface area contributed by atoms with Crippen LogP contribution in [-0.4, -0.2) is 5.75 Å². The first-order chi connectivity index (χ1) is 6.92. The minimum absolute atomic E-state index is 0.929. The van der Waals surface area contributed by atoms with Gasteiger partial charge in [-0.3, -0.25) is 0 Å². The average molecular weight is 202 g/mol. The zero-order chi connectivity index (χ0) is 9.80. The number of pyridine rings is 1. The van der Waals surface area contributed by atoms with Gasteiger partial charge in [0.05, 0.1) is 5.75 Å². The van der Waals surface area contributed by atoms with Gasteiger partial charge < -0.3 is 0 Å². The van der Waals surface area contributed by atoms with Gasteiger partial charge in [0.25, 0.3) is 0 Å². The highest BCUT2D eigenvalue weighted by Gasteiger charge is 2.07. The van der Waals surface area contributed by atoms with Gasteiger partial charge in [-0.25, -0.2) is 0 Å². The lowest BCUT2D eigenvalue weighted by Crippen LogP contribution is -2.25. The summed E-state index contributed by atoms with van der Waals surface area (Å²) in [7, 11) is 0. The van der Waals surface area contributed by atoms with E-state index in [2.05, 4.69) is 53.1 Å². The molecule has 70 valence electrons. The normalized spacial score (nSPS) is 10.3. The lowest BCUT2D eigenvalue weighted by atomic mass is 10.2. The first-order valence-corrected chi connectivity index (χ1v) is 5.49. The fraction of sp³-hybridized carbons (Fsp3) is 0.0833. The molecule has 0 aliphatic heterocycles. The van der Waals surface area contributed by atoms with Gasteiger partial charge >= 0.3 is 0 Å². The summed E-state index contributed by atoms with van der Waals surface area (Å²) in [6, 6.07) is 12.6. The molecule has 1 heterocycles. The molecule has 0 saturated heterocycles. The van der Waals surface area contributed by atoms with Crippen LogP contribution < -0.4 is 3.97 Å². The standard InChI is InChI=1S/C12H12NS/c1-2-10-14-13-9-5-7-11-6-3-4-8-12(11)13/h2-9H,1,10H2/q+1. The van der Waals surface area contributed by atoms with Crippen molar-refractivity contribution in [2.24, 2.45) is 0 Å². The molecule has 0 atom stereocenters. The average Bonchev–Trinajstić information content (AvgIpc) is 2.26. The van der Waals surface area contributed by atoms with Gasteiger partial charge in [0.2, 0.25) is 5.52 Å². The molecule has 14 heavy (non-hydrogen) atoms. The van der Waals surface area contributed by atoms with Crippen LogP contribution in [0.1, 0.15) is 0 Å². The monoisotopic (exact) mass is 202 g/mol. The van der Waals surface area contributed by atoms with Gasteiger partial charge in [0.15, 0.2) is 18.1 Å². The third-order valence-corrected chi connectivity index (χ3v) is 2.98. The Hall–Kier alpha value is -1.28. The van der Waals surface area contributed by atoms with Crippen LogP contribution in [0.4, 0.5) is 0 Å². The van der Waals surface area contributed by atoms with Crippen LogP contribution in [0.3, 0.4) is 0 Å². The number of rotatable bonds is 3. The number of benzene rings is 1. The van der Waals surface area contributed by atoms with Crippen molar-refractivity contribution in [3.8, 4) is 0 Å². The molecular weight excluding hydrogens is 190 g/mol. The molecule has 0 N–H and O–H groups in total. The smallest absolute Gasteiger partial charge is 0.126 e. The van der Waals surface area contributed by atoms with Crippen molar-refractivity contribution >= 4 is 22.9 Å². The molecule has 2 rings (SSSR count). The van der Waals surface area contributed by atoms with E-state index in [0.717, 1.165) is 5.75 Å². The van der Waals surface area contributed by atoms with Crippen LogP contribution >= 0.6 is 11.9 Å². The summed E-state index contributed by atoms with van der Waals surface area (Å²) in [5, 5.41) is 1.27. The molecule has 0 radical (unpaired) electrons. The molecule has 1 aromatic carbocycles. The summed E-state index contributed by atoms with van der Waals surface area (Å²) in [6.45, 7) is 3.72. The summed E-state index contributed by atoms with van der Waals surface area (Å²) in [4.78, 5) is 0. The van der Waals surface area contributed by atoms with E-state index < -0.39 is 0 Å². The summed E-state index contributed by atoms with van der Waals surface area (Å²) in [6.07, 6.45) is 4.00. The lowest BCUT2D eigenvalue weighted by Gasteiger charge is -1.96. The van der Waals surface area contributed by atoms with Crippen molar-refractivity contribution in [1.29, 1.82) is 0 Å². The fourth-order valence-corrected chi connectivity index (χ4v) is 2.11. The SMILES string of the molecule is C=CCS[n+]1cccc2ccccc21. The minimum atomic E-state index is 0.929. The van der Waals surface area contributed by atoms with E-state index >= 15 is 0 Å². The van der Waals surface area contributed by atoms with E-state index in [0.29, 0.717) is 0 Å². The van der Waals surface area contributed by atoms with Crippen molar-refractivity contribution in [2.45, 2.75) is 0 Å². The van der Waals surface area contributed by atoms with Crippen molar-refractivity contribution in [3.63, 3.8) is 0 Å². The zero-order valence-electron chi connectivity index (χ0n) is 7.89. The largest absolute Gasteiger partial charge is 0.226 e. The van der Waals surface area contributed by atoms with E-state index in [-0.39, 0.29) is 0 Å². The van der Waals surface area contributed by atoms with Crippen molar-refractivity contribution in [2.75, 3.05) is 5.75 Å². The first kappa shape index (κ1) is 9.28. The zero-order valence-corrected chi connectivity index (χ0v) is 8.70. The van der Waals surface area contributed by atoms with Crippen LogP contribution in [0.2, 0.25) is 0 Å². The summed E-state index contributed by atoms with van der Waals surface area (Å²) < 4.78 is 2.18. The highest BCUT2D eigenvalue weighted by molar-refractivity contribution is 7.93. The molecule has 2 heteroatoms. The highest BCUT2D eigenvalue weighted by atomic mass is 32.2. The maximum absolute atomic E-state index is 3.72. The maximum atomic E-state index is 3.72. The molecule has 0 aliphatic carbocycles. The summed E-state index contributed by atoms with van der Waals surface area (Å²) in [5.74, 6) is 0.929. The Labute approximate surface area is 88.2 Å². The van der Waals surface area contributed by atoms with Crippen molar-refractivity contribution in [3.05, 3.63) is 55.3 Å². The summed E-state index contributed by atoms with van der Waals surface area (Å²) >= 11 is 1.75.